The van der Waals surface area contributed by atoms with Crippen molar-refractivity contribution < 1.29 is 9.90 Å². The lowest BCUT2D eigenvalue weighted by molar-refractivity contribution is -0.136. The van der Waals surface area contributed by atoms with Gasteiger partial charge in [0.25, 0.3) is 5.56 Å². The molecule has 1 aliphatic rings. The maximum absolute atomic E-state index is 11.6. The first kappa shape index (κ1) is 10.1. The van der Waals surface area contributed by atoms with Gasteiger partial charge in [-0.3, -0.25) is 9.59 Å². The number of nitrogens with zero attached hydrogens (tertiary/aromatic N) is 2. The van der Waals surface area contributed by atoms with E-state index in [4.69, 9.17) is 5.11 Å². The van der Waals surface area contributed by atoms with E-state index in [2.05, 4.69) is 10.1 Å². The highest BCUT2D eigenvalue weighted by atomic mass is 16.4. The van der Waals surface area contributed by atoms with Crippen LogP contribution in [0.2, 0.25) is 0 Å². The zero-order chi connectivity index (χ0) is 12.0. The molecule has 2 N–H and O–H groups in total. The highest BCUT2D eigenvalue weighted by Crippen LogP contribution is 2.39. The molecule has 0 saturated heterocycles. The maximum atomic E-state index is 11.6. The van der Waals surface area contributed by atoms with Crippen molar-refractivity contribution in [1.82, 2.24) is 14.6 Å². The predicted octanol–water partition coefficient (Wildman–Crippen LogP) is 0.527. The van der Waals surface area contributed by atoms with E-state index in [1.807, 2.05) is 6.07 Å². The second kappa shape index (κ2) is 3.44. The van der Waals surface area contributed by atoms with Gasteiger partial charge in [0.05, 0.1) is 12.1 Å². The molecule has 6 nitrogen and oxygen atoms in total. The fraction of sp³-hybridized carbons (Fsp3) is 0.364. The molecule has 0 bridgehead atoms. The third-order valence-corrected chi connectivity index (χ3v) is 2.90. The zero-order valence-corrected chi connectivity index (χ0v) is 9.01. The van der Waals surface area contributed by atoms with Gasteiger partial charge in [-0.05, 0) is 12.8 Å². The molecule has 0 aliphatic heterocycles. The van der Waals surface area contributed by atoms with Crippen molar-refractivity contribution in [3.05, 3.63) is 33.9 Å². The first-order chi connectivity index (χ1) is 8.13. The Hall–Kier alpha value is -2.11. The Morgan fingerprint density at radius 3 is 3.00 bits per heavy atom. The molecule has 3 rings (SSSR count). The molecule has 0 atom stereocenters. The minimum atomic E-state index is -1.02. The molecule has 1 saturated carbocycles. The molecule has 1 fully saturated rings. The molecule has 2 aromatic heterocycles. The van der Waals surface area contributed by atoms with Gasteiger partial charge in [-0.15, -0.1) is 0 Å². The van der Waals surface area contributed by atoms with Crippen LogP contribution in [0.5, 0.6) is 0 Å². The smallest absolute Gasteiger partial charge is 0.308 e. The van der Waals surface area contributed by atoms with Gasteiger partial charge in [-0.25, -0.2) is 4.52 Å². The van der Waals surface area contributed by atoms with Crippen molar-refractivity contribution >= 4 is 11.6 Å². The number of H-pyrrole nitrogens is 1. The Kier molecular flexibility index (Phi) is 2.04. The number of carboxylic acid groups (broad SMARTS) is 1. The van der Waals surface area contributed by atoms with Gasteiger partial charge >= 0.3 is 5.97 Å². The molecule has 0 radical (unpaired) electrons. The summed E-state index contributed by atoms with van der Waals surface area (Å²) in [6, 6.07) is 1.85. The second-order valence-corrected chi connectivity index (χ2v) is 4.35. The largest absolute Gasteiger partial charge is 0.481 e. The summed E-state index contributed by atoms with van der Waals surface area (Å²) in [5.74, 6) is -0.522. The predicted molar refractivity (Wildman–Crippen MR) is 59.1 cm³/mol. The van der Waals surface area contributed by atoms with Gasteiger partial charge in [0, 0.05) is 23.7 Å². The summed E-state index contributed by atoms with van der Waals surface area (Å²) in [6.07, 6.45) is 3.48. The van der Waals surface area contributed by atoms with Crippen LogP contribution in [0.1, 0.15) is 30.0 Å². The van der Waals surface area contributed by atoms with Gasteiger partial charge < -0.3 is 10.1 Å². The van der Waals surface area contributed by atoms with E-state index in [1.54, 1.807) is 4.52 Å². The topological polar surface area (TPSA) is 87.5 Å². The molecule has 1 aliphatic carbocycles. The van der Waals surface area contributed by atoms with Crippen molar-refractivity contribution in [3.8, 4) is 0 Å². The number of hydrogen-bond donors (Lipinski definition) is 2. The standard InChI is InChI=1S/C11H11N3O3/c15-10(16)3-7-5-14-9(12-11(7)17)4-8(13-14)6-1-2-6/h4-6H,1-3H2,(H,12,17)(H,15,16). The van der Waals surface area contributed by atoms with E-state index in [-0.39, 0.29) is 17.5 Å². The number of fused-ring (bicyclic) bond motifs is 1. The Morgan fingerprint density at radius 1 is 1.59 bits per heavy atom. The van der Waals surface area contributed by atoms with Crippen LogP contribution >= 0.6 is 0 Å². The van der Waals surface area contributed by atoms with Gasteiger partial charge in [0.15, 0.2) is 0 Å². The van der Waals surface area contributed by atoms with E-state index in [0.29, 0.717) is 11.6 Å². The molecular formula is C11H11N3O3. The molecule has 2 heterocycles. The lowest BCUT2D eigenvalue weighted by atomic mass is 10.2. The van der Waals surface area contributed by atoms with Crippen molar-refractivity contribution in [2.45, 2.75) is 25.2 Å². The average Bonchev–Trinajstić information content (AvgIpc) is 3.01. The van der Waals surface area contributed by atoms with Crippen molar-refractivity contribution in [2.75, 3.05) is 0 Å². The molecule has 0 spiro atoms. The summed E-state index contributed by atoms with van der Waals surface area (Å²) in [5.41, 5.74) is 1.44. The number of aliphatic carboxylic acids is 1. The first-order valence-electron chi connectivity index (χ1n) is 5.47. The van der Waals surface area contributed by atoms with E-state index < -0.39 is 5.97 Å². The van der Waals surface area contributed by atoms with E-state index >= 15 is 0 Å². The molecule has 2 aromatic rings. The van der Waals surface area contributed by atoms with Crippen LogP contribution in [0, 0.1) is 0 Å². The summed E-state index contributed by atoms with van der Waals surface area (Å²) < 4.78 is 1.55. The summed E-state index contributed by atoms with van der Waals surface area (Å²) in [4.78, 5) is 24.8. The van der Waals surface area contributed by atoms with Gasteiger partial charge in [0.2, 0.25) is 0 Å². The zero-order valence-electron chi connectivity index (χ0n) is 9.01. The van der Waals surface area contributed by atoms with Gasteiger partial charge in [-0.1, -0.05) is 0 Å². The first-order valence-corrected chi connectivity index (χ1v) is 5.47. The summed E-state index contributed by atoms with van der Waals surface area (Å²) in [6.45, 7) is 0. The Balaban J connectivity index is 2.10. The molecule has 0 aromatic carbocycles. The quantitative estimate of drug-likeness (QED) is 0.809. The minimum absolute atomic E-state index is 0.218. The van der Waals surface area contributed by atoms with Gasteiger partial charge in [0.1, 0.15) is 5.65 Å². The van der Waals surface area contributed by atoms with E-state index in [9.17, 15) is 9.59 Å². The Bertz CT molecular complexity index is 652. The number of nitrogens with one attached hydrogen (secondary N) is 1. The summed E-state index contributed by atoms with van der Waals surface area (Å²) in [5, 5.41) is 13.0. The van der Waals surface area contributed by atoms with Crippen LogP contribution in [0.4, 0.5) is 0 Å². The highest BCUT2D eigenvalue weighted by molar-refractivity contribution is 5.70. The van der Waals surface area contributed by atoms with Crippen LogP contribution in [-0.4, -0.2) is 25.7 Å². The number of carbonyl (C=O) groups is 1. The van der Waals surface area contributed by atoms with Crippen LogP contribution in [0.15, 0.2) is 17.1 Å². The van der Waals surface area contributed by atoms with Crippen LogP contribution in [0.3, 0.4) is 0 Å². The maximum Gasteiger partial charge on any atom is 0.308 e. The lowest BCUT2D eigenvalue weighted by Gasteiger charge is -1.97. The monoisotopic (exact) mass is 233 g/mol. The molecule has 0 amide bonds. The number of aromatic nitrogens is 3. The third kappa shape index (κ3) is 1.82. The van der Waals surface area contributed by atoms with Crippen LogP contribution in [0.25, 0.3) is 5.65 Å². The average molecular weight is 233 g/mol. The minimum Gasteiger partial charge on any atom is -0.481 e. The molecule has 6 heteroatoms. The van der Waals surface area contributed by atoms with Crippen molar-refractivity contribution in [3.63, 3.8) is 0 Å². The molecule has 88 valence electrons. The number of hydrogen-bond acceptors (Lipinski definition) is 3. The molecular weight excluding hydrogens is 222 g/mol. The summed E-state index contributed by atoms with van der Waals surface area (Å²) >= 11 is 0. The number of carboxylic acids is 1. The van der Waals surface area contributed by atoms with E-state index in [1.165, 1.54) is 6.20 Å². The van der Waals surface area contributed by atoms with E-state index in [0.717, 1.165) is 18.5 Å². The number of rotatable bonds is 3. The Labute approximate surface area is 95.9 Å². The van der Waals surface area contributed by atoms with Crippen LogP contribution in [-0.2, 0) is 11.2 Å². The highest BCUT2D eigenvalue weighted by Gasteiger charge is 2.26. The number of aromatic amines is 1. The lowest BCUT2D eigenvalue weighted by Crippen LogP contribution is -2.17. The fourth-order valence-electron chi connectivity index (χ4n) is 1.88. The summed E-state index contributed by atoms with van der Waals surface area (Å²) in [7, 11) is 0. The van der Waals surface area contributed by atoms with Crippen molar-refractivity contribution in [1.29, 1.82) is 0 Å². The SMILES string of the molecule is O=C(O)Cc1cn2nc(C3CC3)cc2[nH]c1=O. The molecule has 17 heavy (non-hydrogen) atoms. The van der Waals surface area contributed by atoms with Gasteiger partial charge in [-0.2, -0.15) is 5.10 Å². The van der Waals surface area contributed by atoms with Crippen molar-refractivity contribution in [2.24, 2.45) is 0 Å². The second-order valence-electron chi connectivity index (χ2n) is 4.35. The third-order valence-electron chi connectivity index (χ3n) is 2.90. The molecule has 0 unspecified atom stereocenters. The Morgan fingerprint density at radius 2 is 2.35 bits per heavy atom. The normalized spacial score (nSPS) is 15.3. The fourth-order valence-corrected chi connectivity index (χ4v) is 1.88. The van der Waals surface area contributed by atoms with Crippen LogP contribution < -0.4 is 5.56 Å².